The highest BCUT2D eigenvalue weighted by atomic mass is 32.1. The molecule has 2 heterocycles. The minimum Gasteiger partial charge on any atom is -0.478 e. The second-order valence-electron chi connectivity index (χ2n) is 7.59. The molecular weight excluding hydrogens is 396 g/mol. The van der Waals surface area contributed by atoms with Crippen LogP contribution in [-0.4, -0.2) is 20.6 Å². The number of aromatic carboxylic acids is 1. The Hall–Kier alpha value is -3.25. The van der Waals surface area contributed by atoms with Gasteiger partial charge >= 0.3 is 5.97 Å². The first kappa shape index (κ1) is 18.8. The molecule has 5 nitrogen and oxygen atoms in total. The largest absolute Gasteiger partial charge is 0.478 e. The third-order valence-corrected chi connectivity index (χ3v) is 6.83. The molecule has 0 bridgehead atoms. The van der Waals surface area contributed by atoms with Crippen LogP contribution in [-0.2, 0) is 19.4 Å². The van der Waals surface area contributed by atoms with E-state index in [1.54, 1.807) is 40.2 Å². The average Bonchev–Trinajstić information content (AvgIpc) is 3.15. The van der Waals surface area contributed by atoms with Crippen molar-refractivity contribution in [2.24, 2.45) is 0 Å². The molecule has 150 valence electrons. The van der Waals surface area contributed by atoms with Gasteiger partial charge in [-0.1, -0.05) is 42.5 Å². The van der Waals surface area contributed by atoms with Gasteiger partial charge in [-0.05, 0) is 48.9 Å². The molecule has 6 heteroatoms. The minimum absolute atomic E-state index is 0.0134. The quantitative estimate of drug-likeness (QED) is 0.521. The number of benzene rings is 2. The predicted octanol–water partition coefficient (Wildman–Crippen LogP) is 4.75. The molecule has 30 heavy (non-hydrogen) atoms. The normalized spacial score (nSPS) is 13.3. The number of thiophene rings is 1. The van der Waals surface area contributed by atoms with Crippen LogP contribution in [0.15, 0.2) is 59.4 Å². The Morgan fingerprint density at radius 2 is 1.77 bits per heavy atom. The van der Waals surface area contributed by atoms with E-state index in [9.17, 15) is 9.59 Å². The molecule has 2 aromatic heterocycles. The van der Waals surface area contributed by atoms with E-state index >= 15 is 0 Å². The molecule has 5 rings (SSSR count). The summed E-state index contributed by atoms with van der Waals surface area (Å²) in [5.74, 6) is -0.314. The van der Waals surface area contributed by atoms with Gasteiger partial charge in [-0.2, -0.15) is 0 Å². The summed E-state index contributed by atoms with van der Waals surface area (Å²) in [6, 6.07) is 16.4. The lowest BCUT2D eigenvalue weighted by atomic mass is 9.97. The molecular formula is C24H20N2O3S. The Morgan fingerprint density at radius 3 is 2.50 bits per heavy atom. The van der Waals surface area contributed by atoms with Crippen molar-refractivity contribution < 1.29 is 9.90 Å². The van der Waals surface area contributed by atoms with Crippen LogP contribution in [0.3, 0.4) is 0 Å². The first-order chi connectivity index (χ1) is 14.6. The van der Waals surface area contributed by atoms with Crippen molar-refractivity contribution in [1.82, 2.24) is 9.55 Å². The zero-order chi connectivity index (χ0) is 20.7. The molecule has 0 saturated carbocycles. The van der Waals surface area contributed by atoms with Gasteiger partial charge in [-0.3, -0.25) is 9.36 Å². The molecule has 0 fully saturated rings. The third kappa shape index (κ3) is 3.23. The lowest BCUT2D eigenvalue weighted by molar-refractivity contribution is 0.0697. The van der Waals surface area contributed by atoms with E-state index in [-0.39, 0.29) is 11.1 Å². The molecule has 2 aromatic carbocycles. The minimum atomic E-state index is -0.961. The van der Waals surface area contributed by atoms with Gasteiger partial charge in [0.25, 0.3) is 5.56 Å². The van der Waals surface area contributed by atoms with Crippen molar-refractivity contribution in [2.45, 2.75) is 32.2 Å². The van der Waals surface area contributed by atoms with Crippen LogP contribution in [0.25, 0.3) is 21.6 Å². The number of nitrogens with zero attached hydrogens (tertiary/aromatic N) is 2. The third-order valence-electron chi connectivity index (χ3n) is 5.65. The number of rotatable bonds is 4. The summed E-state index contributed by atoms with van der Waals surface area (Å²) in [6.07, 6.45) is 4.22. The summed E-state index contributed by atoms with van der Waals surface area (Å²) in [5, 5.41) is 9.91. The summed E-state index contributed by atoms with van der Waals surface area (Å²) in [4.78, 5) is 31.9. The Balaban J connectivity index is 1.70. The first-order valence-electron chi connectivity index (χ1n) is 10.0. The molecule has 1 aliphatic carbocycles. The highest BCUT2D eigenvalue weighted by Crippen LogP contribution is 2.35. The van der Waals surface area contributed by atoms with Gasteiger partial charge in [0.05, 0.1) is 17.5 Å². The highest BCUT2D eigenvalue weighted by Gasteiger charge is 2.22. The molecule has 4 aromatic rings. The van der Waals surface area contributed by atoms with E-state index < -0.39 is 5.97 Å². The first-order valence-corrected chi connectivity index (χ1v) is 10.9. The molecule has 0 spiro atoms. The van der Waals surface area contributed by atoms with Crippen LogP contribution >= 0.6 is 11.3 Å². The van der Waals surface area contributed by atoms with Gasteiger partial charge in [0.2, 0.25) is 0 Å². The molecule has 0 amide bonds. The number of aromatic nitrogens is 2. The monoisotopic (exact) mass is 416 g/mol. The maximum atomic E-state index is 13.7. The number of carbonyl (C=O) groups is 1. The second kappa shape index (κ2) is 7.54. The molecule has 0 saturated heterocycles. The molecule has 1 aliphatic rings. The van der Waals surface area contributed by atoms with Crippen molar-refractivity contribution in [3.63, 3.8) is 0 Å². The van der Waals surface area contributed by atoms with Gasteiger partial charge in [0, 0.05) is 10.4 Å². The van der Waals surface area contributed by atoms with Gasteiger partial charge in [0.15, 0.2) is 0 Å². The van der Waals surface area contributed by atoms with E-state index in [2.05, 4.69) is 0 Å². The lowest BCUT2D eigenvalue weighted by Gasteiger charge is -2.14. The number of carboxylic acids is 1. The summed E-state index contributed by atoms with van der Waals surface area (Å²) in [7, 11) is 0. The van der Waals surface area contributed by atoms with E-state index in [0.717, 1.165) is 47.0 Å². The van der Waals surface area contributed by atoms with Gasteiger partial charge < -0.3 is 5.11 Å². The van der Waals surface area contributed by atoms with Crippen molar-refractivity contribution in [3.05, 3.63) is 86.5 Å². The van der Waals surface area contributed by atoms with Crippen molar-refractivity contribution in [3.8, 4) is 11.4 Å². The van der Waals surface area contributed by atoms with Gasteiger partial charge in [-0.15, -0.1) is 11.3 Å². The van der Waals surface area contributed by atoms with E-state index in [0.29, 0.717) is 12.4 Å². The Labute approximate surface area is 177 Å². The van der Waals surface area contributed by atoms with E-state index in [1.807, 2.05) is 30.3 Å². The molecule has 1 N–H and O–H groups in total. The Kier molecular flexibility index (Phi) is 4.71. The van der Waals surface area contributed by atoms with Gasteiger partial charge in [-0.25, -0.2) is 9.78 Å². The van der Waals surface area contributed by atoms with Crippen LogP contribution in [0, 0.1) is 0 Å². The fraction of sp³-hybridized carbons (Fsp3) is 0.208. The Bertz CT molecular complexity index is 1300. The summed E-state index contributed by atoms with van der Waals surface area (Å²) >= 11 is 1.65. The Morgan fingerprint density at radius 1 is 1.03 bits per heavy atom. The van der Waals surface area contributed by atoms with Crippen molar-refractivity contribution in [2.75, 3.05) is 0 Å². The molecule has 0 aliphatic heterocycles. The highest BCUT2D eigenvalue weighted by molar-refractivity contribution is 7.18. The number of aryl methyl sites for hydroxylation is 2. The molecule has 0 atom stereocenters. The summed E-state index contributed by atoms with van der Waals surface area (Å²) in [6.45, 7) is 0.344. The maximum absolute atomic E-state index is 13.7. The second-order valence-corrected chi connectivity index (χ2v) is 8.67. The van der Waals surface area contributed by atoms with Crippen molar-refractivity contribution >= 4 is 27.5 Å². The van der Waals surface area contributed by atoms with Crippen molar-refractivity contribution in [1.29, 1.82) is 0 Å². The topological polar surface area (TPSA) is 72.2 Å². The summed E-state index contributed by atoms with van der Waals surface area (Å²) < 4.78 is 1.73. The fourth-order valence-electron chi connectivity index (χ4n) is 4.13. The number of hydrogen-bond donors (Lipinski definition) is 1. The van der Waals surface area contributed by atoms with Crippen LogP contribution < -0.4 is 5.56 Å². The maximum Gasteiger partial charge on any atom is 0.335 e. The predicted molar refractivity (Wildman–Crippen MR) is 118 cm³/mol. The SMILES string of the molecule is O=C(O)c1ccc(Cn2c(-c3ccccc3)nc3sc4c(c3c2=O)CCCC4)cc1. The lowest BCUT2D eigenvalue weighted by Crippen LogP contribution is -2.24. The number of fused-ring (bicyclic) bond motifs is 3. The van der Waals surface area contributed by atoms with Crippen LogP contribution in [0.4, 0.5) is 0 Å². The molecule has 0 unspecified atom stereocenters. The van der Waals surface area contributed by atoms with Crippen LogP contribution in [0.5, 0.6) is 0 Å². The number of carboxylic acid groups (broad SMARTS) is 1. The summed E-state index contributed by atoms with van der Waals surface area (Å²) in [5.41, 5.74) is 3.15. The van der Waals surface area contributed by atoms with Crippen LogP contribution in [0.2, 0.25) is 0 Å². The van der Waals surface area contributed by atoms with E-state index in [1.165, 1.54) is 10.4 Å². The zero-order valence-corrected chi connectivity index (χ0v) is 17.1. The molecule has 0 radical (unpaired) electrons. The average molecular weight is 417 g/mol. The van der Waals surface area contributed by atoms with E-state index in [4.69, 9.17) is 10.1 Å². The number of hydrogen-bond acceptors (Lipinski definition) is 4. The fourth-order valence-corrected chi connectivity index (χ4v) is 5.38. The van der Waals surface area contributed by atoms with Crippen LogP contribution in [0.1, 0.15) is 39.2 Å². The van der Waals surface area contributed by atoms with Gasteiger partial charge in [0.1, 0.15) is 10.7 Å². The zero-order valence-electron chi connectivity index (χ0n) is 16.3. The smallest absolute Gasteiger partial charge is 0.335 e. The standard InChI is InChI=1S/C24H20N2O3S/c27-23-20-18-8-4-5-9-19(18)30-22(20)25-21(16-6-2-1-3-7-16)26(23)14-15-10-12-17(13-11-15)24(28)29/h1-3,6-7,10-13H,4-5,8-9,14H2,(H,28,29).